The largest absolute Gasteiger partial charge is 0.465 e. The van der Waals surface area contributed by atoms with Crippen LogP contribution < -0.4 is 4.90 Å². The molecule has 150 valence electrons. The standard InChI is InChI=1S/C23H31N3O2/c1-18-8-9-21(28-18)15-25-12-5-10-23(16-25)11-13-26(17-23)22(27)19-6-4-7-20(14-19)24(2)3/h4,6-9,14H,5,10-13,15-17H2,1-3H3/t23-/m1/s1. The fourth-order valence-electron chi connectivity index (χ4n) is 4.78. The third-order valence-corrected chi connectivity index (χ3v) is 6.25. The molecule has 0 bridgehead atoms. The lowest BCUT2D eigenvalue weighted by Crippen LogP contribution is -2.44. The Morgan fingerprint density at radius 3 is 2.75 bits per heavy atom. The van der Waals surface area contributed by atoms with Crippen LogP contribution in [0.4, 0.5) is 5.69 Å². The molecule has 0 aliphatic carbocycles. The van der Waals surface area contributed by atoms with Crippen LogP contribution in [0.5, 0.6) is 0 Å². The summed E-state index contributed by atoms with van der Waals surface area (Å²) in [5.74, 6) is 2.18. The zero-order valence-corrected chi connectivity index (χ0v) is 17.3. The van der Waals surface area contributed by atoms with Gasteiger partial charge in [-0.15, -0.1) is 0 Å². The predicted molar refractivity (Wildman–Crippen MR) is 112 cm³/mol. The molecule has 2 aliphatic heterocycles. The van der Waals surface area contributed by atoms with Gasteiger partial charge in [-0.25, -0.2) is 0 Å². The summed E-state index contributed by atoms with van der Waals surface area (Å²) in [7, 11) is 4.01. The van der Waals surface area contributed by atoms with Gasteiger partial charge in [0.1, 0.15) is 11.5 Å². The number of amides is 1. The molecule has 28 heavy (non-hydrogen) atoms. The van der Waals surface area contributed by atoms with Crippen molar-refractivity contribution >= 4 is 11.6 Å². The van der Waals surface area contributed by atoms with Gasteiger partial charge in [0.05, 0.1) is 6.54 Å². The molecule has 0 radical (unpaired) electrons. The number of carbonyl (C=O) groups is 1. The third kappa shape index (κ3) is 3.95. The Morgan fingerprint density at radius 2 is 2.00 bits per heavy atom. The summed E-state index contributed by atoms with van der Waals surface area (Å²) in [6.45, 7) is 6.75. The molecule has 0 saturated carbocycles. The number of rotatable bonds is 4. The van der Waals surface area contributed by atoms with Crippen LogP contribution in [0.1, 0.15) is 41.1 Å². The minimum Gasteiger partial charge on any atom is -0.465 e. The number of anilines is 1. The second kappa shape index (κ2) is 7.63. The number of hydrogen-bond donors (Lipinski definition) is 0. The topological polar surface area (TPSA) is 39.9 Å². The van der Waals surface area contributed by atoms with Crippen LogP contribution in [0.3, 0.4) is 0 Å². The Hall–Kier alpha value is -2.27. The molecule has 3 heterocycles. The summed E-state index contributed by atoms with van der Waals surface area (Å²) in [5, 5.41) is 0. The molecule has 2 aromatic rings. The van der Waals surface area contributed by atoms with Gasteiger partial charge in [-0.05, 0) is 63.1 Å². The van der Waals surface area contributed by atoms with Crippen LogP contribution in [0, 0.1) is 12.3 Å². The molecule has 1 amide bonds. The molecule has 2 saturated heterocycles. The van der Waals surface area contributed by atoms with Gasteiger partial charge in [-0.2, -0.15) is 0 Å². The average Bonchev–Trinajstić information content (AvgIpc) is 3.27. The lowest BCUT2D eigenvalue weighted by atomic mass is 9.79. The monoisotopic (exact) mass is 381 g/mol. The van der Waals surface area contributed by atoms with Crippen LogP contribution in [0.15, 0.2) is 40.8 Å². The van der Waals surface area contributed by atoms with Gasteiger partial charge < -0.3 is 14.2 Å². The summed E-state index contributed by atoms with van der Waals surface area (Å²) >= 11 is 0. The Bertz CT molecular complexity index is 844. The van der Waals surface area contributed by atoms with E-state index in [0.29, 0.717) is 0 Å². The molecule has 1 aromatic carbocycles. The molecule has 1 spiro atoms. The van der Waals surface area contributed by atoms with E-state index in [1.54, 1.807) is 0 Å². The van der Waals surface area contributed by atoms with Crippen molar-refractivity contribution in [3.63, 3.8) is 0 Å². The normalized spacial score (nSPS) is 22.8. The summed E-state index contributed by atoms with van der Waals surface area (Å²) in [4.78, 5) is 19.7. The van der Waals surface area contributed by atoms with E-state index in [9.17, 15) is 4.79 Å². The molecular weight excluding hydrogens is 350 g/mol. The molecular formula is C23H31N3O2. The van der Waals surface area contributed by atoms with Crippen LogP contribution in [-0.2, 0) is 6.54 Å². The van der Waals surface area contributed by atoms with Gasteiger partial charge in [0.15, 0.2) is 0 Å². The van der Waals surface area contributed by atoms with Crippen LogP contribution in [0.25, 0.3) is 0 Å². The smallest absolute Gasteiger partial charge is 0.253 e. The number of aryl methyl sites for hydroxylation is 1. The van der Waals surface area contributed by atoms with Gasteiger partial charge in [0.25, 0.3) is 5.91 Å². The Kier molecular flexibility index (Phi) is 5.19. The van der Waals surface area contributed by atoms with Crippen LogP contribution in [0.2, 0.25) is 0 Å². The molecule has 5 nitrogen and oxygen atoms in total. The Labute approximate surface area is 167 Å². The molecule has 2 fully saturated rings. The highest BCUT2D eigenvalue weighted by Gasteiger charge is 2.43. The van der Waals surface area contributed by atoms with Gasteiger partial charge in [0, 0.05) is 50.4 Å². The first kappa shape index (κ1) is 19.1. The maximum Gasteiger partial charge on any atom is 0.253 e. The second-order valence-electron chi connectivity index (χ2n) is 8.75. The van der Waals surface area contributed by atoms with Crippen molar-refractivity contribution in [1.82, 2.24) is 9.80 Å². The average molecular weight is 382 g/mol. The summed E-state index contributed by atoms with van der Waals surface area (Å²) in [6.07, 6.45) is 3.50. The Morgan fingerprint density at radius 1 is 1.14 bits per heavy atom. The minimum absolute atomic E-state index is 0.166. The van der Waals surface area contributed by atoms with Crippen molar-refractivity contribution in [3.05, 3.63) is 53.5 Å². The zero-order valence-electron chi connectivity index (χ0n) is 17.3. The minimum atomic E-state index is 0.166. The molecule has 4 rings (SSSR count). The van der Waals surface area contributed by atoms with Gasteiger partial charge in [0.2, 0.25) is 0 Å². The maximum atomic E-state index is 13.1. The Balaban J connectivity index is 1.42. The van der Waals surface area contributed by atoms with E-state index in [-0.39, 0.29) is 11.3 Å². The van der Waals surface area contributed by atoms with E-state index in [2.05, 4.69) is 15.9 Å². The van der Waals surface area contributed by atoms with E-state index in [4.69, 9.17) is 4.42 Å². The SMILES string of the molecule is Cc1ccc(CN2CCC[C@@]3(CCN(C(=O)c4cccc(N(C)C)c4)C3)C2)o1. The first-order valence-corrected chi connectivity index (χ1v) is 10.3. The second-order valence-corrected chi connectivity index (χ2v) is 8.75. The van der Waals surface area contributed by atoms with Crippen LogP contribution in [-0.4, -0.2) is 56.0 Å². The van der Waals surface area contributed by atoms with E-state index >= 15 is 0 Å². The highest BCUT2D eigenvalue weighted by Crippen LogP contribution is 2.40. The number of nitrogens with zero attached hydrogens (tertiary/aromatic N) is 3. The van der Waals surface area contributed by atoms with Crippen molar-refractivity contribution in [2.45, 2.75) is 32.7 Å². The summed E-state index contributed by atoms with van der Waals surface area (Å²) in [5.41, 5.74) is 2.09. The van der Waals surface area contributed by atoms with Crippen molar-refractivity contribution in [3.8, 4) is 0 Å². The number of furan rings is 1. The lowest BCUT2D eigenvalue weighted by Gasteiger charge is -2.40. The number of carbonyl (C=O) groups excluding carboxylic acids is 1. The first-order chi connectivity index (χ1) is 13.4. The quantitative estimate of drug-likeness (QED) is 0.808. The predicted octanol–water partition coefficient (Wildman–Crippen LogP) is 3.78. The maximum absolute atomic E-state index is 13.1. The lowest BCUT2D eigenvalue weighted by molar-refractivity contribution is 0.0658. The van der Waals surface area contributed by atoms with Gasteiger partial charge in [-0.1, -0.05) is 6.07 Å². The number of piperidine rings is 1. The van der Waals surface area contributed by atoms with Crippen molar-refractivity contribution in [2.75, 3.05) is 45.2 Å². The highest BCUT2D eigenvalue weighted by molar-refractivity contribution is 5.95. The van der Waals surface area contributed by atoms with E-state index < -0.39 is 0 Å². The molecule has 1 atom stereocenters. The molecule has 5 heteroatoms. The molecule has 0 unspecified atom stereocenters. The van der Waals surface area contributed by atoms with E-state index in [0.717, 1.165) is 61.9 Å². The number of hydrogen-bond acceptors (Lipinski definition) is 4. The number of likely N-dealkylation sites (tertiary alicyclic amines) is 2. The summed E-state index contributed by atoms with van der Waals surface area (Å²) < 4.78 is 5.77. The molecule has 2 aliphatic rings. The fraction of sp³-hybridized carbons (Fsp3) is 0.522. The van der Waals surface area contributed by atoms with Gasteiger partial charge >= 0.3 is 0 Å². The first-order valence-electron chi connectivity index (χ1n) is 10.3. The fourth-order valence-corrected chi connectivity index (χ4v) is 4.78. The third-order valence-electron chi connectivity index (χ3n) is 6.25. The van der Waals surface area contributed by atoms with Gasteiger partial charge in [-0.3, -0.25) is 9.69 Å². The molecule has 1 aromatic heterocycles. The number of benzene rings is 1. The highest BCUT2D eigenvalue weighted by atomic mass is 16.3. The van der Waals surface area contributed by atoms with Crippen LogP contribution >= 0.6 is 0 Å². The molecule has 0 N–H and O–H groups in total. The van der Waals surface area contributed by atoms with Crippen molar-refractivity contribution < 1.29 is 9.21 Å². The van der Waals surface area contributed by atoms with Crippen molar-refractivity contribution in [2.24, 2.45) is 5.41 Å². The van der Waals surface area contributed by atoms with Crippen molar-refractivity contribution in [1.29, 1.82) is 0 Å². The zero-order chi connectivity index (χ0) is 19.7. The van der Waals surface area contributed by atoms with E-state index in [1.165, 1.54) is 12.8 Å². The summed E-state index contributed by atoms with van der Waals surface area (Å²) in [6, 6.07) is 12.1. The van der Waals surface area contributed by atoms with E-state index in [1.807, 2.05) is 56.3 Å².